The molecule has 1 aliphatic heterocycles. The molecular weight excluding hydrogens is 524 g/mol. The largest absolute Gasteiger partial charge is 0.260 e. The van der Waals surface area contributed by atoms with Gasteiger partial charge in [0.15, 0.2) is 17.5 Å². The summed E-state index contributed by atoms with van der Waals surface area (Å²) in [5, 5.41) is 2.36. The van der Waals surface area contributed by atoms with Gasteiger partial charge in [-0.05, 0) is 70.3 Å². The molecule has 1 aromatic heterocycles. The molecule has 1 aliphatic carbocycles. The minimum absolute atomic E-state index is 0.460. The monoisotopic (exact) mass is 554 g/mol. The smallest absolute Gasteiger partial charge is 0.164 e. The van der Waals surface area contributed by atoms with Crippen molar-refractivity contribution in [3.8, 4) is 45.3 Å². The first-order chi connectivity index (χ1) is 21.2. The van der Waals surface area contributed by atoms with Crippen LogP contribution in [0, 0.1) is 0 Å². The summed E-state index contributed by atoms with van der Waals surface area (Å²) in [7, 11) is 0. The summed E-state index contributed by atoms with van der Waals surface area (Å²) in [4.78, 5) is 19.8. The third-order valence-electron chi connectivity index (χ3n) is 8.64. The van der Waals surface area contributed by atoms with Crippen molar-refractivity contribution in [2.75, 3.05) is 0 Å². The van der Waals surface area contributed by atoms with Gasteiger partial charge in [-0.15, -0.1) is 0 Å². The maximum absolute atomic E-state index is 5.04. The number of rotatable bonds is 4. The van der Waals surface area contributed by atoms with Crippen LogP contribution in [0.1, 0.15) is 42.4 Å². The molecule has 0 fully saturated rings. The first-order valence-corrected chi connectivity index (χ1v) is 15.0. The van der Waals surface area contributed by atoms with Gasteiger partial charge in [-0.25, -0.2) is 15.0 Å². The SMILES string of the molecule is CC1CC=Cc2ccc(-c3nc(-c4ccc(-c5cccc6c5N=CCC6)cc4)nc(-c4ccc5ccccc5c4)n3)cc21. The van der Waals surface area contributed by atoms with Gasteiger partial charge in [0.05, 0.1) is 5.69 Å². The highest BCUT2D eigenvalue weighted by Gasteiger charge is 2.18. The lowest BCUT2D eigenvalue weighted by Crippen LogP contribution is -2.03. The van der Waals surface area contributed by atoms with E-state index in [0.29, 0.717) is 23.4 Å². The van der Waals surface area contributed by atoms with Gasteiger partial charge in [0.1, 0.15) is 0 Å². The number of nitrogens with zero attached hydrogens (tertiary/aromatic N) is 4. The Hall–Kier alpha value is -5.22. The predicted octanol–water partition coefficient (Wildman–Crippen LogP) is 9.86. The van der Waals surface area contributed by atoms with Crippen molar-refractivity contribution < 1.29 is 0 Å². The van der Waals surface area contributed by atoms with Crippen LogP contribution in [0.3, 0.4) is 0 Å². The Morgan fingerprint density at radius 2 is 1.33 bits per heavy atom. The van der Waals surface area contributed by atoms with E-state index in [-0.39, 0.29) is 0 Å². The average molecular weight is 555 g/mol. The normalized spacial score (nSPS) is 15.3. The van der Waals surface area contributed by atoms with Crippen molar-refractivity contribution in [1.82, 2.24) is 15.0 Å². The molecule has 4 nitrogen and oxygen atoms in total. The van der Waals surface area contributed by atoms with Crippen LogP contribution in [-0.4, -0.2) is 21.2 Å². The van der Waals surface area contributed by atoms with Gasteiger partial charge in [-0.3, -0.25) is 4.99 Å². The second-order valence-corrected chi connectivity index (χ2v) is 11.5. The molecule has 1 atom stereocenters. The van der Waals surface area contributed by atoms with E-state index in [4.69, 9.17) is 19.9 Å². The summed E-state index contributed by atoms with van der Waals surface area (Å²) >= 11 is 0. The Kier molecular flexibility index (Phi) is 6.26. The first-order valence-electron chi connectivity index (χ1n) is 15.0. The molecule has 0 N–H and O–H groups in total. The molecule has 0 bridgehead atoms. The second-order valence-electron chi connectivity index (χ2n) is 11.5. The van der Waals surface area contributed by atoms with Crippen LogP contribution in [0.15, 0.2) is 114 Å². The van der Waals surface area contributed by atoms with E-state index in [0.717, 1.165) is 58.2 Å². The van der Waals surface area contributed by atoms with Crippen LogP contribution in [0.2, 0.25) is 0 Å². The zero-order valence-corrected chi connectivity index (χ0v) is 24.0. The molecule has 2 aliphatic rings. The van der Waals surface area contributed by atoms with Gasteiger partial charge in [0, 0.05) is 28.5 Å². The molecule has 0 saturated heterocycles. The number of hydrogen-bond donors (Lipinski definition) is 0. The Labute approximate surface area is 251 Å². The molecule has 4 heteroatoms. The lowest BCUT2D eigenvalue weighted by Gasteiger charge is -2.18. The van der Waals surface area contributed by atoms with Crippen LogP contribution < -0.4 is 0 Å². The number of aromatic nitrogens is 3. The Morgan fingerprint density at radius 3 is 2.16 bits per heavy atom. The number of fused-ring (bicyclic) bond motifs is 3. The summed E-state index contributed by atoms with van der Waals surface area (Å²) in [6.45, 7) is 2.28. The molecular formula is C39H30N4. The molecule has 0 radical (unpaired) electrons. The Morgan fingerprint density at radius 1 is 0.628 bits per heavy atom. The fraction of sp³-hybridized carbons (Fsp3) is 0.128. The molecule has 0 spiro atoms. The van der Waals surface area contributed by atoms with E-state index in [1.165, 1.54) is 22.1 Å². The first kappa shape index (κ1) is 25.5. The molecule has 206 valence electrons. The van der Waals surface area contributed by atoms with Crippen molar-refractivity contribution in [3.63, 3.8) is 0 Å². The molecule has 6 aromatic rings. The standard InChI is InChI=1S/C39H30N4/c1-25-7-4-10-27-17-21-33(24-35(25)27)39-42-37(41-38(43-39)32-20-14-26-8-2-3-9-31(26)23-32)30-18-15-28(16-19-30)34-13-5-11-29-12-6-22-40-36(29)34/h2-5,8-11,13-25H,6-7,12H2,1H3. The highest BCUT2D eigenvalue weighted by atomic mass is 15.0. The number of benzene rings is 5. The van der Waals surface area contributed by atoms with Crippen molar-refractivity contribution in [2.45, 2.75) is 32.1 Å². The second kappa shape index (κ2) is 10.6. The maximum Gasteiger partial charge on any atom is 0.164 e. The number of allylic oxidation sites excluding steroid dienone is 1. The fourth-order valence-electron chi connectivity index (χ4n) is 6.26. The van der Waals surface area contributed by atoms with Crippen molar-refractivity contribution >= 4 is 28.8 Å². The highest BCUT2D eigenvalue weighted by molar-refractivity contribution is 5.87. The highest BCUT2D eigenvalue weighted by Crippen LogP contribution is 2.37. The van der Waals surface area contributed by atoms with Gasteiger partial charge in [-0.1, -0.05) is 110 Å². The summed E-state index contributed by atoms with van der Waals surface area (Å²) in [5.41, 5.74) is 10.2. The minimum atomic E-state index is 0.460. The van der Waals surface area contributed by atoms with Gasteiger partial charge in [0.2, 0.25) is 0 Å². The lowest BCUT2D eigenvalue weighted by atomic mass is 9.87. The predicted molar refractivity (Wildman–Crippen MR) is 178 cm³/mol. The summed E-state index contributed by atoms with van der Waals surface area (Å²) in [5.74, 6) is 2.49. The Bertz CT molecular complexity index is 2070. The van der Waals surface area contributed by atoms with Gasteiger partial charge in [0.25, 0.3) is 0 Å². The number of para-hydroxylation sites is 1. The molecule has 1 unspecified atom stereocenters. The molecule has 8 rings (SSSR count). The van der Waals surface area contributed by atoms with E-state index in [1.807, 2.05) is 6.21 Å². The van der Waals surface area contributed by atoms with Gasteiger partial charge >= 0.3 is 0 Å². The molecule has 43 heavy (non-hydrogen) atoms. The van der Waals surface area contributed by atoms with E-state index in [9.17, 15) is 0 Å². The molecule has 0 amide bonds. The van der Waals surface area contributed by atoms with E-state index < -0.39 is 0 Å². The van der Waals surface area contributed by atoms with Crippen LogP contribution in [-0.2, 0) is 6.42 Å². The molecule has 5 aromatic carbocycles. The number of hydrogen-bond acceptors (Lipinski definition) is 4. The summed E-state index contributed by atoms with van der Waals surface area (Å²) in [6.07, 6.45) is 9.58. The van der Waals surface area contributed by atoms with Crippen molar-refractivity contribution in [2.24, 2.45) is 4.99 Å². The quantitative estimate of drug-likeness (QED) is 0.218. The number of aliphatic imine (C=N–C) groups is 1. The van der Waals surface area contributed by atoms with Crippen molar-refractivity contribution in [1.29, 1.82) is 0 Å². The Balaban J connectivity index is 1.25. The van der Waals surface area contributed by atoms with E-state index in [1.54, 1.807) is 0 Å². The van der Waals surface area contributed by atoms with Crippen molar-refractivity contribution in [3.05, 3.63) is 126 Å². The summed E-state index contributed by atoms with van der Waals surface area (Å²) < 4.78 is 0. The van der Waals surface area contributed by atoms with Crippen LogP contribution in [0.4, 0.5) is 5.69 Å². The zero-order valence-electron chi connectivity index (χ0n) is 24.0. The van der Waals surface area contributed by atoms with Crippen LogP contribution in [0.5, 0.6) is 0 Å². The lowest BCUT2D eigenvalue weighted by molar-refractivity contribution is 0.772. The van der Waals surface area contributed by atoms with E-state index in [2.05, 4.69) is 122 Å². The topological polar surface area (TPSA) is 51.0 Å². The fourth-order valence-corrected chi connectivity index (χ4v) is 6.26. The molecule has 2 heterocycles. The third-order valence-corrected chi connectivity index (χ3v) is 8.64. The van der Waals surface area contributed by atoms with Crippen LogP contribution >= 0.6 is 0 Å². The summed E-state index contributed by atoms with van der Waals surface area (Å²) in [6, 6.07) is 36.4. The maximum atomic E-state index is 5.04. The molecule has 0 saturated carbocycles. The number of aryl methyl sites for hydroxylation is 1. The average Bonchev–Trinajstić information content (AvgIpc) is 3.08. The zero-order chi connectivity index (χ0) is 28.8. The van der Waals surface area contributed by atoms with Gasteiger partial charge in [-0.2, -0.15) is 0 Å². The van der Waals surface area contributed by atoms with E-state index >= 15 is 0 Å². The van der Waals surface area contributed by atoms with Crippen LogP contribution in [0.25, 0.3) is 62.1 Å². The van der Waals surface area contributed by atoms with Gasteiger partial charge < -0.3 is 0 Å². The minimum Gasteiger partial charge on any atom is -0.260 e. The third kappa shape index (κ3) is 4.75.